The summed E-state index contributed by atoms with van der Waals surface area (Å²) in [5.74, 6) is 5.33. The van der Waals surface area contributed by atoms with E-state index in [9.17, 15) is 0 Å². The fraction of sp³-hybridized carbons (Fsp3) is 0.467. The molecule has 1 aromatic rings. The van der Waals surface area contributed by atoms with Crippen molar-refractivity contribution in [2.75, 3.05) is 18.1 Å². The second-order valence-corrected chi connectivity index (χ2v) is 6.65. The first kappa shape index (κ1) is 14.0. The first-order valence-electron chi connectivity index (χ1n) is 6.29. The second-order valence-electron chi connectivity index (χ2n) is 4.63. The third kappa shape index (κ3) is 4.05. The van der Waals surface area contributed by atoms with E-state index in [4.69, 9.17) is 6.42 Å². The zero-order valence-electron chi connectivity index (χ0n) is 10.4. The Kier molecular flexibility index (Phi) is 5.62. The number of terminal acetylenes is 1. The largest absolute Gasteiger partial charge is 0.313 e. The summed E-state index contributed by atoms with van der Waals surface area (Å²) in [6.45, 7) is 1.07. The smallest absolute Gasteiger partial charge is 0.0545 e. The molecule has 0 bridgehead atoms. The van der Waals surface area contributed by atoms with Gasteiger partial charge in [0.15, 0.2) is 0 Å². The lowest BCUT2D eigenvalue weighted by Crippen LogP contribution is -2.41. The molecule has 0 atom stereocenters. The van der Waals surface area contributed by atoms with Crippen molar-refractivity contribution >= 4 is 27.7 Å². The van der Waals surface area contributed by atoms with Crippen LogP contribution in [0.3, 0.4) is 0 Å². The molecule has 1 aromatic carbocycles. The summed E-state index contributed by atoms with van der Waals surface area (Å²) in [7, 11) is 0. The van der Waals surface area contributed by atoms with Crippen LogP contribution >= 0.6 is 27.7 Å². The SMILES string of the molecule is C#CCSCCNC1CC(c2ccc(Br)cc2)C1. The monoisotopic (exact) mass is 323 g/mol. The maximum absolute atomic E-state index is 5.21. The molecule has 1 aliphatic rings. The zero-order valence-corrected chi connectivity index (χ0v) is 12.8. The van der Waals surface area contributed by atoms with Gasteiger partial charge >= 0.3 is 0 Å². The molecule has 0 aliphatic heterocycles. The van der Waals surface area contributed by atoms with Gasteiger partial charge in [-0.15, -0.1) is 18.2 Å². The highest BCUT2D eigenvalue weighted by Crippen LogP contribution is 2.37. The van der Waals surface area contributed by atoms with Crippen LogP contribution in [-0.4, -0.2) is 24.1 Å². The summed E-state index contributed by atoms with van der Waals surface area (Å²) in [6.07, 6.45) is 7.74. The van der Waals surface area contributed by atoms with Crippen molar-refractivity contribution in [1.29, 1.82) is 0 Å². The fourth-order valence-corrected chi connectivity index (χ4v) is 3.05. The Morgan fingerprint density at radius 1 is 1.33 bits per heavy atom. The number of halogens is 1. The number of benzene rings is 1. The second kappa shape index (κ2) is 7.23. The van der Waals surface area contributed by atoms with Gasteiger partial charge < -0.3 is 5.32 Å². The summed E-state index contributed by atoms with van der Waals surface area (Å²) in [4.78, 5) is 0. The molecular weight excluding hydrogens is 306 g/mol. The third-order valence-electron chi connectivity index (χ3n) is 3.34. The molecular formula is C15H18BrNS. The van der Waals surface area contributed by atoms with Gasteiger partial charge in [-0.25, -0.2) is 0 Å². The average molecular weight is 324 g/mol. The maximum atomic E-state index is 5.21. The molecule has 0 heterocycles. The summed E-state index contributed by atoms with van der Waals surface area (Å²) in [5.41, 5.74) is 1.47. The van der Waals surface area contributed by atoms with E-state index in [2.05, 4.69) is 51.4 Å². The zero-order chi connectivity index (χ0) is 12.8. The third-order valence-corrected chi connectivity index (χ3v) is 4.74. The van der Waals surface area contributed by atoms with E-state index in [0.29, 0.717) is 6.04 Å². The van der Waals surface area contributed by atoms with Crippen molar-refractivity contribution in [3.05, 3.63) is 34.3 Å². The van der Waals surface area contributed by atoms with Gasteiger partial charge in [0.2, 0.25) is 0 Å². The molecule has 0 spiro atoms. The highest BCUT2D eigenvalue weighted by molar-refractivity contribution is 9.10. The normalized spacial score (nSPS) is 22.2. The predicted molar refractivity (Wildman–Crippen MR) is 84.1 cm³/mol. The molecule has 1 saturated carbocycles. The number of hydrogen-bond acceptors (Lipinski definition) is 2. The number of rotatable bonds is 6. The van der Waals surface area contributed by atoms with Crippen LogP contribution in [0.2, 0.25) is 0 Å². The van der Waals surface area contributed by atoms with Crippen LogP contribution < -0.4 is 5.32 Å². The molecule has 1 N–H and O–H groups in total. The molecule has 1 nitrogen and oxygen atoms in total. The van der Waals surface area contributed by atoms with Gasteiger partial charge in [0.25, 0.3) is 0 Å². The van der Waals surface area contributed by atoms with E-state index < -0.39 is 0 Å². The Morgan fingerprint density at radius 2 is 2.06 bits per heavy atom. The molecule has 2 rings (SSSR count). The standard InChI is InChI=1S/C15H18BrNS/c1-2-8-18-9-7-17-15-10-13(11-15)12-3-5-14(16)6-4-12/h1,3-6,13,15,17H,7-11H2. The minimum absolute atomic E-state index is 0.699. The molecule has 0 radical (unpaired) electrons. The lowest BCUT2D eigenvalue weighted by Gasteiger charge is -2.36. The maximum Gasteiger partial charge on any atom is 0.0545 e. The number of thioether (sulfide) groups is 1. The van der Waals surface area contributed by atoms with Crippen LogP contribution in [-0.2, 0) is 0 Å². The highest BCUT2D eigenvalue weighted by atomic mass is 79.9. The first-order chi connectivity index (χ1) is 8.79. The van der Waals surface area contributed by atoms with Crippen molar-refractivity contribution in [2.45, 2.75) is 24.8 Å². The molecule has 0 aromatic heterocycles. The lowest BCUT2D eigenvalue weighted by molar-refractivity contribution is 0.296. The van der Waals surface area contributed by atoms with Crippen molar-refractivity contribution < 1.29 is 0 Å². The summed E-state index contributed by atoms with van der Waals surface area (Å²) in [6, 6.07) is 9.42. The van der Waals surface area contributed by atoms with Gasteiger partial charge in [-0.3, -0.25) is 0 Å². The van der Waals surface area contributed by atoms with Crippen molar-refractivity contribution in [3.8, 4) is 12.3 Å². The van der Waals surface area contributed by atoms with Crippen LogP contribution in [0.4, 0.5) is 0 Å². The molecule has 0 unspecified atom stereocenters. The van der Waals surface area contributed by atoms with Gasteiger partial charge in [-0.2, -0.15) is 0 Å². The van der Waals surface area contributed by atoms with Gasteiger partial charge in [0.05, 0.1) is 5.75 Å². The van der Waals surface area contributed by atoms with Crippen LogP contribution in [0, 0.1) is 12.3 Å². The number of hydrogen-bond donors (Lipinski definition) is 1. The van der Waals surface area contributed by atoms with Crippen molar-refractivity contribution in [1.82, 2.24) is 5.32 Å². The van der Waals surface area contributed by atoms with Crippen LogP contribution in [0.25, 0.3) is 0 Å². The van der Waals surface area contributed by atoms with Gasteiger partial charge in [0.1, 0.15) is 0 Å². The Balaban J connectivity index is 1.62. The van der Waals surface area contributed by atoms with Crippen molar-refractivity contribution in [2.24, 2.45) is 0 Å². The van der Waals surface area contributed by atoms with E-state index in [1.165, 1.54) is 18.4 Å². The quantitative estimate of drug-likeness (QED) is 0.633. The molecule has 96 valence electrons. The van der Waals surface area contributed by atoms with E-state index in [1.807, 2.05) is 11.8 Å². The molecule has 3 heteroatoms. The van der Waals surface area contributed by atoms with E-state index in [1.54, 1.807) is 0 Å². The van der Waals surface area contributed by atoms with Crippen LogP contribution in [0.15, 0.2) is 28.7 Å². The van der Waals surface area contributed by atoms with Crippen LogP contribution in [0.1, 0.15) is 24.3 Å². The van der Waals surface area contributed by atoms with Crippen LogP contribution in [0.5, 0.6) is 0 Å². The van der Waals surface area contributed by atoms with E-state index >= 15 is 0 Å². The summed E-state index contributed by atoms with van der Waals surface area (Å²) < 4.78 is 1.16. The summed E-state index contributed by atoms with van der Waals surface area (Å²) in [5, 5.41) is 3.59. The Morgan fingerprint density at radius 3 is 2.72 bits per heavy atom. The van der Waals surface area contributed by atoms with Gasteiger partial charge in [-0.1, -0.05) is 34.0 Å². The molecule has 18 heavy (non-hydrogen) atoms. The molecule has 1 fully saturated rings. The van der Waals surface area contributed by atoms with Crippen molar-refractivity contribution in [3.63, 3.8) is 0 Å². The minimum atomic E-state index is 0.699. The van der Waals surface area contributed by atoms with E-state index in [0.717, 1.165) is 28.4 Å². The molecule has 0 saturated heterocycles. The first-order valence-corrected chi connectivity index (χ1v) is 8.24. The summed E-state index contributed by atoms with van der Waals surface area (Å²) >= 11 is 5.30. The predicted octanol–water partition coefficient (Wildman–Crippen LogP) is 3.65. The van der Waals surface area contributed by atoms with E-state index in [-0.39, 0.29) is 0 Å². The Bertz CT molecular complexity index is 403. The average Bonchev–Trinajstić information content (AvgIpc) is 2.33. The topological polar surface area (TPSA) is 12.0 Å². The van der Waals surface area contributed by atoms with Gasteiger partial charge in [-0.05, 0) is 36.5 Å². The molecule has 1 aliphatic carbocycles. The number of nitrogens with one attached hydrogen (secondary N) is 1. The Labute approximate surface area is 122 Å². The highest BCUT2D eigenvalue weighted by Gasteiger charge is 2.29. The lowest BCUT2D eigenvalue weighted by atomic mass is 9.76. The fourth-order valence-electron chi connectivity index (χ4n) is 2.26. The van der Waals surface area contributed by atoms with Gasteiger partial charge in [0, 0.05) is 22.8 Å². The Hall–Kier alpha value is -0.430. The minimum Gasteiger partial charge on any atom is -0.313 e. The molecule has 0 amide bonds.